The van der Waals surface area contributed by atoms with Gasteiger partial charge in [0.2, 0.25) is 5.91 Å². The fourth-order valence-corrected chi connectivity index (χ4v) is 6.50. The first-order valence-electron chi connectivity index (χ1n) is 11.7. The monoisotopic (exact) mass is 505 g/mol. The van der Waals surface area contributed by atoms with Crippen LogP contribution in [0.2, 0.25) is 0 Å². The van der Waals surface area contributed by atoms with Gasteiger partial charge in [-0.15, -0.1) is 11.3 Å². The first kappa shape index (κ1) is 23.6. The fraction of sp³-hybridized carbons (Fsp3) is 0.296. The van der Waals surface area contributed by atoms with Crippen LogP contribution in [0.4, 0.5) is 5.69 Å². The Morgan fingerprint density at radius 2 is 1.89 bits per heavy atom. The molecule has 2 heterocycles. The van der Waals surface area contributed by atoms with Crippen molar-refractivity contribution in [2.75, 3.05) is 18.2 Å². The van der Waals surface area contributed by atoms with Crippen LogP contribution >= 0.6 is 23.1 Å². The van der Waals surface area contributed by atoms with Gasteiger partial charge in [0.1, 0.15) is 10.6 Å². The van der Waals surface area contributed by atoms with E-state index >= 15 is 0 Å². The van der Waals surface area contributed by atoms with E-state index in [2.05, 4.69) is 5.32 Å². The minimum Gasteiger partial charge on any atom is -0.497 e. The van der Waals surface area contributed by atoms with Crippen molar-refractivity contribution in [2.45, 2.75) is 44.7 Å². The number of amides is 1. The number of carbonyl (C=O) groups is 1. The van der Waals surface area contributed by atoms with Gasteiger partial charge in [0.15, 0.2) is 5.16 Å². The third-order valence-corrected chi connectivity index (χ3v) is 8.54. The molecule has 0 aliphatic heterocycles. The molecule has 0 atom stereocenters. The number of aryl methyl sites for hydroxylation is 4. The standard InChI is InChI=1S/C27H27N3O3S2/c1-16-8-9-18(14-17(16)2)28-23(31)15-34-27-29-25-24(21-6-4-5-7-22(21)35-25)26(32)30(27)19-10-12-20(33-3)13-11-19/h8-14H,4-7,15H2,1-3H3,(H,28,31). The number of nitrogens with one attached hydrogen (secondary N) is 1. The van der Waals surface area contributed by atoms with Crippen molar-refractivity contribution < 1.29 is 9.53 Å². The molecule has 1 amide bonds. The Morgan fingerprint density at radius 3 is 2.63 bits per heavy atom. The lowest BCUT2D eigenvalue weighted by atomic mass is 9.97. The maximum Gasteiger partial charge on any atom is 0.267 e. The number of aromatic nitrogens is 2. The number of nitrogens with zero attached hydrogens (tertiary/aromatic N) is 2. The molecule has 0 spiro atoms. The Bertz CT molecular complexity index is 1470. The average Bonchev–Trinajstić information content (AvgIpc) is 3.24. The predicted octanol–water partition coefficient (Wildman–Crippen LogP) is 5.68. The second kappa shape index (κ2) is 9.87. The van der Waals surface area contributed by atoms with Crippen LogP contribution in [0, 0.1) is 13.8 Å². The van der Waals surface area contributed by atoms with E-state index in [0.717, 1.165) is 52.7 Å². The smallest absolute Gasteiger partial charge is 0.267 e. The molecule has 0 unspecified atom stereocenters. The molecule has 1 N–H and O–H groups in total. The number of fused-ring (bicyclic) bond motifs is 3. The second-order valence-electron chi connectivity index (χ2n) is 8.76. The van der Waals surface area contributed by atoms with E-state index in [1.165, 1.54) is 22.2 Å². The van der Waals surface area contributed by atoms with Crippen LogP contribution in [0.3, 0.4) is 0 Å². The van der Waals surface area contributed by atoms with Crippen LogP contribution < -0.4 is 15.6 Å². The van der Waals surface area contributed by atoms with E-state index in [4.69, 9.17) is 9.72 Å². The normalized spacial score (nSPS) is 13.0. The van der Waals surface area contributed by atoms with Crippen LogP contribution in [0.25, 0.3) is 15.9 Å². The molecule has 4 aromatic rings. The fourth-order valence-electron chi connectivity index (χ4n) is 4.39. The van der Waals surface area contributed by atoms with Crippen molar-refractivity contribution >= 4 is 44.9 Å². The zero-order valence-corrected chi connectivity index (χ0v) is 21.6. The summed E-state index contributed by atoms with van der Waals surface area (Å²) >= 11 is 2.90. The topological polar surface area (TPSA) is 73.2 Å². The molecular weight excluding hydrogens is 478 g/mol. The van der Waals surface area contributed by atoms with Crippen molar-refractivity contribution in [3.05, 3.63) is 74.4 Å². The Kier molecular flexibility index (Phi) is 6.67. The summed E-state index contributed by atoms with van der Waals surface area (Å²) in [6, 6.07) is 13.2. The number of thioether (sulfide) groups is 1. The lowest BCUT2D eigenvalue weighted by Gasteiger charge is -2.14. The number of rotatable bonds is 6. The highest BCUT2D eigenvalue weighted by Gasteiger charge is 2.23. The number of hydrogen-bond donors (Lipinski definition) is 1. The molecule has 8 heteroatoms. The summed E-state index contributed by atoms with van der Waals surface area (Å²) in [6.07, 6.45) is 4.15. The summed E-state index contributed by atoms with van der Waals surface area (Å²) in [5, 5.41) is 4.20. The Morgan fingerprint density at radius 1 is 1.11 bits per heavy atom. The third-order valence-electron chi connectivity index (χ3n) is 6.41. The molecule has 0 saturated carbocycles. The number of hydrogen-bond acceptors (Lipinski definition) is 6. The van der Waals surface area contributed by atoms with Gasteiger partial charge in [-0.3, -0.25) is 14.2 Å². The number of carbonyl (C=O) groups excluding carboxylic acids is 1. The van der Waals surface area contributed by atoms with Gasteiger partial charge in [-0.05, 0) is 92.6 Å². The van der Waals surface area contributed by atoms with E-state index in [1.807, 2.05) is 56.3 Å². The van der Waals surface area contributed by atoms with Crippen molar-refractivity contribution in [2.24, 2.45) is 0 Å². The van der Waals surface area contributed by atoms with Crippen molar-refractivity contribution in [1.29, 1.82) is 0 Å². The highest BCUT2D eigenvalue weighted by atomic mass is 32.2. The Hall–Kier alpha value is -3.10. The van der Waals surface area contributed by atoms with Crippen LogP contribution in [0.15, 0.2) is 52.4 Å². The van der Waals surface area contributed by atoms with E-state index in [1.54, 1.807) is 23.0 Å². The van der Waals surface area contributed by atoms with Crippen LogP contribution in [0.1, 0.15) is 34.4 Å². The minimum absolute atomic E-state index is 0.0726. The maximum atomic E-state index is 13.8. The first-order chi connectivity index (χ1) is 16.9. The number of anilines is 1. The molecule has 180 valence electrons. The zero-order chi connectivity index (χ0) is 24.5. The van der Waals surface area contributed by atoms with Gasteiger partial charge in [-0.2, -0.15) is 0 Å². The molecule has 1 aliphatic carbocycles. The second-order valence-corrected chi connectivity index (χ2v) is 10.8. The van der Waals surface area contributed by atoms with Gasteiger partial charge >= 0.3 is 0 Å². The first-order valence-corrected chi connectivity index (χ1v) is 13.5. The van der Waals surface area contributed by atoms with E-state index in [0.29, 0.717) is 16.6 Å². The Balaban J connectivity index is 1.50. The van der Waals surface area contributed by atoms with Crippen LogP contribution in [-0.4, -0.2) is 28.3 Å². The lowest BCUT2D eigenvalue weighted by Crippen LogP contribution is -2.23. The molecule has 35 heavy (non-hydrogen) atoms. The summed E-state index contributed by atoms with van der Waals surface area (Å²) in [6.45, 7) is 4.06. The molecule has 1 aliphatic rings. The SMILES string of the molecule is COc1ccc(-n2c(SCC(=O)Nc3ccc(C)c(C)c3)nc3sc4c(c3c2=O)CCCC4)cc1. The predicted molar refractivity (Wildman–Crippen MR) is 144 cm³/mol. The number of benzene rings is 2. The number of methoxy groups -OCH3 is 1. The highest BCUT2D eigenvalue weighted by Crippen LogP contribution is 2.35. The summed E-state index contributed by atoms with van der Waals surface area (Å²) in [5.41, 5.74) is 4.85. The van der Waals surface area contributed by atoms with Gasteiger partial charge in [0, 0.05) is 10.6 Å². The molecule has 0 bridgehead atoms. The molecule has 5 rings (SSSR count). The molecule has 0 radical (unpaired) electrons. The van der Waals surface area contributed by atoms with Gasteiger partial charge in [-0.1, -0.05) is 17.8 Å². The van der Waals surface area contributed by atoms with E-state index in [9.17, 15) is 9.59 Å². The Labute approximate surface area is 212 Å². The lowest BCUT2D eigenvalue weighted by molar-refractivity contribution is -0.113. The van der Waals surface area contributed by atoms with Gasteiger partial charge < -0.3 is 10.1 Å². The van der Waals surface area contributed by atoms with Crippen LogP contribution in [0.5, 0.6) is 5.75 Å². The van der Waals surface area contributed by atoms with Crippen LogP contribution in [-0.2, 0) is 17.6 Å². The molecule has 6 nitrogen and oxygen atoms in total. The summed E-state index contributed by atoms with van der Waals surface area (Å²) in [7, 11) is 1.61. The van der Waals surface area contributed by atoms with E-state index in [-0.39, 0.29) is 17.2 Å². The summed E-state index contributed by atoms with van der Waals surface area (Å²) in [5.74, 6) is 0.719. The van der Waals surface area contributed by atoms with Crippen molar-refractivity contribution in [3.63, 3.8) is 0 Å². The number of ether oxygens (including phenoxy) is 1. The van der Waals surface area contributed by atoms with Crippen molar-refractivity contribution in [1.82, 2.24) is 9.55 Å². The molecule has 0 fully saturated rings. The summed E-state index contributed by atoms with van der Waals surface area (Å²) < 4.78 is 6.93. The molecular formula is C27H27N3O3S2. The van der Waals surface area contributed by atoms with Gasteiger partial charge in [0.05, 0.1) is 23.9 Å². The molecule has 2 aromatic carbocycles. The quantitative estimate of drug-likeness (QED) is 0.270. The highest BCUT2D eigenvalue weighted by molar-refractivity contribution is 7.99. The zero-order valence-electron chi connectivity index (χ0n) is 20.0. The molecule has 2 aromatic heterocycles. The van der Waals surface area contributed by atoms with Gasteiger partial charge in [-0.25, -0.2) is 4.98 Å². The average molecular weight is 506 g/mol. The summed E-state index contributed by atoms with van der Waals surface area (Å²) in [4.78, 5) is 33.5. The van der Waals surface area contributed by atoms with E-state index < -0.39 is 0 Å². The third kappa shape index (κ3) is 4.73. The van der Waals surface area contributed by atoms with Crippen molar-refractivity contribution in [3.8, 4) is 11.4 Å². The largest absolute Gasteiger partial charge is 0.497 e. The molecule has 0 saturated heterocycles. The van der Waals surface area contributed by atoms with Gasteiger partial charge in [0.25, 0.3) is 5.56 Å². The maximum absolute atomic E-state index is 13.8. The number of thiophene rings is 1. The minimum atomic E-state index is -0.139.